The highest BCUT2D eigenvalue weighted by atomic mass is 19.1. The van der Waals surface area contributed by atoms with E-state index in [0.717, 1.165) is 12.0 Å². The summed E-state index contributed by atoms with van der Waals surface area (Å²) in [6.45, 7) is 2.83. The van der Waals surface area contributed by atoms with Crippen molar-refractivity contribution in [2.75, 3.05) is 20.3 Å². The Balaban J connectivity index is 2.23. The normalized spacial score (nSPS) is 20.9. The average Bonchev–Trinajstić information content (AvgIpc) is 2.79. The van der Waals surface area contributed by atoms with Gasteiger partial charge in [0, 0.05) is 7.11 Å². The van der Waals surface area contributed by atoms with Gasteiger partial charge in [0.2, 0.25) is 5.91 Å². The first-order valence-corrected chi connectivity index (χ1v) is 6.46. The molecule has 2 atom stereocenters. The Morgan fingerprint density at radius 2 is 2.16 bits per heavy atom. The molecule has 0 aromatic heterocycles. The average molecular weight is 266 g/mol. The molecule has 1 saturated heterocycles. The summed E-state index contributed by atoms with van der Waals surface area (Å²) in [5.41, 5.74) is 0.891. The SMILES string of the molecule is CCC(COC)N1C(=O)CNC1c1ccc(F)cc1. The van der Waals surface area contributed by atoms with Gasteiger partial charge in [0.25, 0.3) is 0 Å². The number of nitrogens with zero attached hydrogens (tertiary/aromatic N) is 1. The molecule has 2 unspecified atom stereocenters. The van der Waals surface area contributed by atoms with Crippen molar-refractivity contribution in [2.45, 2.75) is 25.6 Å². The van der Waals surface area contributed by atoms with Crippen molar-refractivity contribution in [1.29, 1.82) is 0 Å². The molecule has 0 bridgehead atoms. The fourth-order valence-electron chi connectivity index (χ4n) is 2.44. The number of methoxy groups -OCH3 is 1. The number of carbonyl (C=O) groups excluding carboxylic acids is 1. The van der Waals surface area contributed by atoms with Crippen molar-refractivity contribution in [1.82, 2.24) is 10.2 Å². The topological polar surface area (TPSA) is 41.6 Å². The van der Waals surface area contributed by atoms with E-state index in [4.69, 9.17) is 4.74 Å². The monoisotopic (exact) mass is 266 g/mol. The lowest BCUT2D eigenvalue weighted by Gasteiger charge is -2.32. The maximum absolute atomic E-state index is 13.0. The molecule has 104 valence electrons. The van der Waals surface area contributed by atoms with Crippen molar-refractivity contribution in [2.24, 2.45) is 0 Å². The molecule has 0 saturated carbocycles. The lowest BCUT2D eigenvalue weighted by Crippen LogP contribution is -2.41. The minimum atomic E-state index is -0.274. The van der Waals surface area contributed by atoms with Gasteiger partial charge in [0.05, 0.1) is 19.2 Å². The molecule has 19 heavy (non-hydrogen) atoms. The highest BCUT2D eigenvalue weighted by Crippen LogP contribution is 2.26. The fraction of sp³-hybridized carbons (Fsp3) is 0.500. The molecule has 4 nitrogen and oxygen atoms in total. The Morgan fingerprint density at radius 3 is 2.74 bits per heavy atom. The molecular weight excluding hydrogens is 247 g/mol. The van der Waals surface area contributed by atoms with E-state index in [-0.39, 0.29) is 23.9 Å². The minimum Gasteiger partial charge on any atom is -0.383 e. The minimum absolute atomic E-state index is 0.0301. The molecule has 1 aliphatic rings. The molecule has 1 heterocycles. The maximum Gasteiger partial charge on any atom is 0.238 e. The Hall–Kier alpha value is -1.46. The molecule has 0 spiro atoms. The summed E-state index contributed by atoms with van der Waals surface area (Å²) in [7, 11) is 1.63. The number of amides is 1. The van der Waals surface area contributed by atoms with E-state index in [1.165, 1.54) is 12.1 Å². The summed E-state index contributed by atoms with van der Waals surface area (Å²) in [5.74, 6) is -0.221. The smallest absolute Gasteiger partial charge is 0.238 e. The van der Waals surface area contributed by atoms with E-state index in [1.54, 1.807) is 24.1 Å². The molecular formula is C14H19FN2O2. The van der Waals surface area contributed by atoms with E-state index in [1.807, 2.05) is 6.92 Å². The highest BCUT2D eigenvalue weighted by molar-refractivity contribution is 5.81. The van der Waals surface area contributed by atoms with Gasteiger partial charge in [-0.05, 0) is 24.1 Å². The van der Waals surface area contributed by atoms with Crippen LogP contribution in [0.3, 0.4) is 0 Å². The van der Waals surface area contributed by atoms with Gasteiger partial charge in [-0.1, -0.05) is 19.1 Å². The number of halogens is 1. The van der Waals surface area contributed by atoms with Crippen LogP contribution in [-0.2, 0) is 9.53 Å². The summed E-state index contributed by atoms with van der Waals surface area (Å²) in [4.78, 5) is 13.8. The Kier molecular flexibility index (Phi) is 4.50. The van der Waals surface area contributed by atoms with Crippen LogP contribution in [0.5, 0.6) is 0 Å². The molecule has 1 amide bonds. The van der Waals surface area contributed by atoms with Gasteiger partial charge in [0.1, 0.15) is 12.0 Å². The Morgan fingerprint density at radius 1 is 1.47 bits per heavy atom. The van der Waals surface area contributed by atoms with Crippen molar-refractivity contribution in [3.05, 3.63) is 35.6 Å². The second kappa shape index (κ2) is 6.12. The van der Waals surface area contributed by atoms with E-state index in [9.17, 15) is 9.18 Å². The first kappa shape index (κ1) is 14.0. The lowest BCUT2D eigenvalue weighted by molar-refractivity contribution is -0.131. The summed E-state index contributed by atoms with van der Waals surface area (Å²) >= 11 is 0. The van der Waals surface area contributed by atoms with Gasteiger partial charge in [0.15, 0.2) is 0 Å². The van der Waals surface area contributed by atoms with Crippen LogP contribution in [0, 0.1) is 5.82 Å². The second-order valence-corrected chi connectivity index (χ2v) is 4.65. The molecule has 1 aromatic rings. The predicted octanol–water partition coefficient (Wildman–Crippen LogP) is 1.68. The zero-order valence-corrected chi connectivity index (χ0v) is 11.2. The zero-order valence-electron chi connectivity index (χ0n) is 11.2. The number of hydrogen-bond acceptors (Lipinski definition) is 3. The quantitative estimate of drug-likeness (QED) is 0.881. The number of hydrogen-bond donors (Lipinski definition) is 1. The molecule has 5 heteroatoms. The van der Waals surface area contributed by atoms with Crippen molar-refractivity contribution in [3.8, 4) is 0 Å². The van der Waals surface area contributed by atoms with E-state index >= 15 is 0 Å². The molecule has 1 aromatic carbocycles. The van der Waals surface area contributed by atoms with Crippen LogP contribution < -0.4 is 5.32 Å². The zero-order chi connectivity index (χ0) is 13.8. The van der Waals surface area contributed by atoms with Gasteiger partial charge in [-0.15, -0.1) is 0 Å². The van der Waals surface area contributed by atoms with Crippen molar-refractivity contribution in [3.63, 3.8) is 0 Å². The van der Waals surface area contributed by atoms with E-state index in [0.29, 0.717) is 13.2 Å². The maximum atomic E-state index is 13.0. The number of nitrogens with one attached hydrogen (secondary N) is 1. The van der Waals surface area contributed by atoms with Crippen molar-refractivity contribution >= 4 is 5.91 Å². The summed E-state index contributed by atoms with van der Waals surface area (Å²) in [5, 5.41) is 3.16. The van der Waals surface area contributed by atoms with Crippen LogP contribution >= 0.6 is 0 Å². The first-order valence-electron chi connectivity index (χ1n) is 6.46. The third-order valence-electron chi connectivity index (χ3n) is 3.42. The largest absolute Gasteiger partial charge is 0.383 e. The third kappa shape index (κ3) is 2.93. The molecule has 0 aliphatic carbocycles. The third-order valence-corrected chi connectivity index (χ3v) is 3.42. The molecule has 1 N–H and O–H groups in total. The molecule has 1 fully saturated rings. The van der Waals surface area contributed by atoms with Crippen LogP contribution in [-0.4, -0.2) is 37.1 Å². The Bertz CT molecular complexity index is 436. The lowest BCUT2D eigenvalue weighted by atomic mass is 10.1. The summed E-state index contributed by atoms with van der Waals surface area (Å²) in [6.07, 6.45) is 0.618. The van der Waals surface area contributed by atoms with Gasteiger partial charge in [-0.25, -0.2) is 4.39 Å². The highest BCUT2D eigenvalue weighted by Gasteiger charge is 2.35. The van der Waals surface area contributed by atoms with Gasteiger partial charge in [-0.3, -0.25) is 10.1 Å². The van der Waals surface area contributed by atoms with Gasteiger partial charge >= 0.3 is 0 Å². The summed E-state index contributed by atoms with van der Waals surface area (Å²) < 4.78 is 18.1. The van der Waals surface area contributed by atoms with Crippen LogP contribution in [0.4, 0.5) is 4.39 Å². The van der Waals surface area contributed by atoms with Crippen LogP contribution in [0.15, 0.2) is 24.3 Å². The molecule has 1 aliphatic heterocycles. The number of ether oxygens (including phenoxy) is 1. The van der Waals surface area contributed by atoms with E-state index in [2.05, 4.69) is 5.32 Å². The summed E-state index contributed by atoms with van der Waals surface area (Å²) in [6, 6.07) is 6.27. The van der Waals surface area contributed by atoms with E-state index < -0.39 is 0 Å². The predicted molar refractivity (Wildman–Crippen MR) is 69.9 cm³/mol. The second-order valence-electron chi connectivity index (χ2n) is 4.65. The van der Waals surface area contributed by atoms with Crippen LogP contribution in [0.2, 0.25) is 0 Å². The number of benzene rings is 1. The molecule has 0 radical (unpaired) electrons. The number of rotatable bonds is 5. The van der Waals surface area contributed by atoms with Gasteiger partial charge in [-0.2, -0.15) is 0 Å². The Labute approximate surface area is 112 Å². The standard InChI is InChI=1S/C14H19FN2O2/c1-3-12(9-19-2)17-13(18)8-16-14(17)10-4-6-11(15)7-5-10/h4-7,12,14,16H,3,8-9H2,1-2H3. The first-order chi connectivity index (χ1) is 9.17. The van der Waals surface area contributed by atoms with Crippen LogP contribution in [0.25, 0.3) is 0 Å². The van der Waals surface area contributed by atoms with Crippen LogP contribution in [0.1, 0.15) is 25.1 Å². The van der Waals surface area contributed by atoms with Gasteiger partial charge < -0.3 is 9.64 Å². The molecule has 2 rings (SSSR count). The van der Waals surface area contributed by atoms with Crippen molar-refractivity contribution < 1.29 is 13.9 Å². The number of carbonyl (C=O) groups is 1. The fourth-order valence-corrected chi connectivity index (χ4v) is 2.44.